The quantitative estimate of drug-likeness (QED) is 0.777. The van der Waals surface area contributed by atoms with E-state index >= 15 is 0 Å². The highest BCUT2D eigenvalue weighted by atomic mass is 16.4. The predicted molar refractivity (Wildman–Crippen MR) is 109 cm³/mol. The molecule has 1 aliphatic heterocycles. The summed E-state index contributed by atoms with van der Waals surface area (Å²) in [6.07, 6.45) is 0.940. The number of amides is 1. The topological polar surface area (TPSA) is 95.7 Å². The minimum Gasteiger partial charge on any atom is -0.481 e. The number of carbonyl (C=O) groups is 2. The van der Waals surface area contributed by atoms with Crippen molar-refractivity contribution in [3.63, 3.8) is 0 Å². The highest BCUT2D eigenvalue weighted by Crippen LogP contribution is 2.37. The van der Waals surface area contributed by atoms with Crippen molar-refractivity contribution in [2.75, 3.05) is 13.1 Å². The van der Waals surface area contributed by atoms with Crippen molar-refractivity contribution in [3.05, 3.63) is 52.8 Å². The Balaban J connectivity index is 1.79. The van der Waals surface area contributed by atoms with Crippen molar-refractivity contribution in [2.45, 2.75) is 45.6 Å². The molecule has 7 heteroatoms. The summed E-state index contributed by atoms with van der Waals surface area (Å²) in [6, 6.07) is 9.87. The summed E-state index contributed by atoms with van der Waals surface area (Å²) in [6.45, 7) is 4.02. The molecule has 0 unspecified atom stereocenters. The Bertz CT molecular complexity index is 893. The second-order valence-electron chi connectivity index (χ2n) is 8.01. The third kappa shape index (κ3) is 4.05. The standard InChI is InChI=1S/C22H29N3O4/c1-15-16(2)23-24(3)19(15)20(27)25-13-11-18(26)22(14-25,21(28)29)12-7-10-17-8-5-4-6-9-17/h4-6,8-9,18,26H,7,10-14H2,1-3H3,(H,28,29)/t18-,22-/m1/s1. The third-order valence-corrected chi connectivity index (χ3v) is 6.15. The number of aliphatic carboxylic acids is 1. The van der Waals surface area contributed by atoms with Crippen molar-refractivity contribution in [3.8, 4) is 0 Å². The van der Waals surface area contributed by atoms with Gasteiger partial charge in [-0.25, -0.2) is 0 Å². The van der Waals surface area contributed by atoms with Crippen LogP contribution in [0, 0.1) is 19.3 Å². The molecule has 0 radical (unpaired) electrons. The predicted octanol–water partition coefficient (Wildman–Crippen LogP) is 2.34. The Kier molecular flexibility index (Phi) is 6.07. The fourth-order valence-corrected chi connectivity index (χ4v) is 4.28. The lowest BCUT2D eigenvalue weighted by molar-refractivity contribution is -0.162. The van der Waals surface area contributed by atoms with Crippen LogP contribution in [0.5, 0.6) is 0 Å². The molecular weight excluding hydrogens is 370 g/mol. The number of benzene rings is 1. The number of aromatic nitrogens is 2. The maximum Gasteiger partial charge on any atom is 0.314 e. The first-order valence-electron chi connectivity index (χ1n) is 10.0. The van der Waals surface area contributed by atoms with Gasteiger partial charge in [-0.05, 0) is 45.1 Å². The number of aryl methyl sites for hydroxylation is 3. The van der Waals surface area contributed by atoms with Crippen LogP contribution in [0.15, 0.2) is 30.3 Å². The highest BCUT2D eigenvalue weighted by molar-refractivity contribution is 5.94. The van der Waals surface area contributed by atoms with E-state index in [1.807, 2.05) is 44.2 Å². The Labute approximate surface area is 171 Å². The summed E-state index contributed by atoms with van der Waals surface area (Å²) in [5, 5.41) is 25.0. The number of aliphatic hydroxyl groups is 1. The number of likely N-dealkylation sites (tertiary alicyclic amines) is 1. The number of hydrogen-bond acceptors (Lipinski definition) is 4. The van der Waals surface area contributed by atoms with Crippen LogP contribution in [-0.4, -0.2) is 56.0 Å². The molecule has 1 aliphatic rings. The maximum absolute atomic E-state index is 13.2. The molecule has 2 aromatic rings. The molecule has 1 fully saturated rings. The van der Waals surface area contributed by atoms with E-state index in [9.17, 15) is 19.8 Å². The smallest absolute Gasteiger partial charge is 0.314 e. The number of carbonyl (C=O) groups excluding carboxylic acids is 1. The van der Waals surface area contributed by atoms with Gasteiger partial charge in [0.05, 0.1) is 11.8 Å². The van der Waals surface area contributed by atoms with E-state index in [-0.39, 0.29) is 18.9 Å². The van der Waals surface area contributed by atoms with Gasteiger partial charge in [-0.15, -0.1) is 0 Å². The average molecular weight is 399 g/mol. The van der Waals surface area contributed by atoms with Gasteiger partial charge in [-0.3, -0.25) is 14.3 Å². The molecule has 156 valence electrons. The second-order valence-corrected chi connectivity index (χ2v) is 8.01. The van der Waals surface area contributed by atoms with Crippen molar-refractivity contribution >= 4 is 11.9 Å². The molecule has 3 rings (SSSR count). The van der Waals surface area contributed by atoms with Gasteiger partial charge in [0, 0.05) is 25.7 Å². The highest BCUT2D eigenvalue weighted by Gasteiger charge is 2.50. The van der Waals surface area contributed by atoms with Gasteiger partial charge in [0.25, 0.3) is 5.91 Å². The third-order valence-electron chi connectivity index (χ3n) is 6.15. The van der Waals surface area contributed by atoms with Crippen LogP contribution in [-0.2, 0) is 18.3 Å². The van der Waals surface area contributed by atoms with Crippen molar-refractivity contribution in [2.24, 2.45) is 12.5 Å². The fourth-order valence-electron chi connectivity index (χ4n) is 4.28. The van der Waals surface area contributed by atoms with Crippen LogP contribution >= 0.6 is 0 Å². The average Bonchev–Trinajstić information content (AvgIpc) is 2.95. The number of piperidine rings is 1. The Morgan fingerprint density at radius 1 is 1.24 bits per heavy atom. The zero-order valence-electron chi connectivity index (χ0n) is 17.3. The van der Waals surface area contributed by atoms with E-state index in [1.54, 1.807) is 16.6 Å². The van der Waals surface area contributed by atoms with Gasteiger partial charge in [0.1, 0.15) is 11.1 Å². The number of rotatable bonds is 6. The lowest BCUT2D eigenvalue weighted by Crippen LogP contribution is -2.57. The first-order chi connectivity index (χ1) is 13.8. The van der Waals surface area contributed by atoms with Gasteiger partial charge < -0.3 is 15.1 Å². The SMILES string of the molecule is Cc1nn(C)c(C(=O)N2CC[C@@H](O)[C@](CCCc3ccccc3)(C(=O)O)C2)c1C. The second kappa shape index (κ2) is 8.37. The molecule has 29 heavy (non-hydrogen) atoms. The first-order valence-corrected chi connectivity index (χ1v) is 10.0. The molecule has 1 aromatic carbocycles. The lowest BCUT2D eigenvalue weighted by Gasteiger charge is -2.43. The van der Waals surface area contributed by atoms with E-state index in [0.29, 0.717) is 25.1 Å². The Morgan fingerprint density at radius 3 is 2.52 bits per heavy atom. The number of carboxylic acid groups (broad SMARTS) is 1. The van der Waals surface area contributed by atoms with E-state index in [1.165, 1.54) is 0 Å². The maximum atomic E-state index is 13.2. The van der Waals surface area contributed by atoms with Crippen molar-refractivity contribution < 1.29 is 19.8 Å². The van der Waals surface area contributed by atoms with Crippen molar-refractivity contribution in [1.82, 2.24) is 14.7 Å². The van der Waals surface area contributed by atoms with E-state index in [2.05, 4.69) is 5.10 Å². The number of hydrogen-bond donors (Lipinski definition) is 2. The fraction of sp³-hybridized carbons (Fsp3) is 0.500. The molecule has 1 saturated heterocycles. The van der Waals surface area contributed by atoms with E-state index in [0.717, 1.165) is 23.2 Å². The molecule has 2 atom stereocenters. The zero-order chi connectivity index (χ0) is 21.2. The molecule has 0 aliphatic carbocycles. The van der Waals surface area contributed by atoms with Crippen LogP contribution in [0.4, 0.5) is 0 Å². The lowest BCUT2D eigenvalue weighted by atomic mass is 9.73. The minimum absolute atomic E-state index is 0.000784. The van der Waals surface area contributed by atoms with Crippen LogP contribution in [0.1, 0.15) is 46.6 Å². The molecule has 7 nitrogen and oxygen atoms in total. The van der Waals surface area contributed by atoms with Gasteiger partial charge in [-0.2, -0.15) is 5.10 Å². The van der Waals surface area contributed by atoms with Crippen LogP contribution < -0.4 is 0 Å². The molecular formula is C22H29N3O4. The molecule has 0 saturated carbocycles. The van der Waals surface area contributed by atoms with Gasteiger partial charge in [0.15, 0.2) is 0 Å². The van der Waals surface area contributed by atoms with E-state index in [4.69, 9.17) is 0 Å². The molecule has 2 heterocycles. The summed E-state index contributed by atoms with van der Waals surface area (Å²) in [4.78, 5) is 27.0. The number of aliphatic hydroxyl groups excluding tert-OH is 1. The Morgan fingerprint density at radius 2 is 1.93 bits per heavy atom. The molecule has 1 aromatic heterocycles. The summed E-state index contributed by atoms with van der Waals surface area (Å²) in [5.74, 6) is -1.28. The molecule has 0 bridgehead atoms. The van der Waals surface area contributed by atoms with Crippen LogP contribution in [0.2, 0.25) is 0 Å². The van der Waals surface area contributed by atoms with Crippen molar-refractivity contribution in [1.29, 1.82) is 0 Å². The number of carboxylic acids is 1. The molecule has 0 spiro atoms. The first kappa shape index (κ1) is 21.0. The van der Waals surface area contributed by atoms with Gasteiger partial charge in [0.2, 0.25) is 0 Å². The van der Waals surface area contributed by atoms with Gasteiger partial charge >= 0.3 is 5.97 Å². The van der Waals surface area contributed by atoms with Crippen LogP contribution in [0.25, 0.3) is 0 Å². The molecule has 2 N–H and O–H groups in total. The number of nitrogens with zero attached hydrogens (tertiary/aromatic N) is 3. The Hall–Kier alpha value is -2.67. The van der Waals surface area contributed by atoms with Gasteiger partial charge in [-0.1, -0.05) is 30.3 Å². The summed E-state index contributed by atoms with van der Waals surface area (Å²) in [7, 11) is 1.72. The summed E-state index contributed by atoms with van der Waals surface area (Å²) in [5.41, 5.74) is 1.83. The zero-order valence-corrected chi connectivity index (χ0v) is 17.3. The largest absolute Gasteiger partial charge is 0.481 e. The van der Waals surface area contributed by atoms with Crippen LogP contribution in [0.3, 0.4) is 0 Å². The summed E-state index contributed by atoms with van der Waals surface area (Å²) >= 11 is 0. The van der Waals surface area contributed by atoms with E-state index < -0.39 is 17.5 Å². The summed E-state index contributed by atoms with van der Waals surface area (Å²) < 4.78 is 1.55. The molecule has 1 amide bonds. The monoisotopic (exact) mass is 399 g/mol. The normalized spacial score (nSPS) is 21.9. The minimum atomic E-state index is -1.36.